The van der Waals surface area contributed by atoms with E-state index in [4.69, 9.17) is 0 Å². The third-order valence-electron chi connectivity index (χ3n) is 4.85. The zero-order chi connectivity index (χ0) is 18.5. The Morgan fingerprint density at radius 3 is 2.42 bits per heavy atom. The quantitative estimate of drug-likeness (QED) is 0.825. The molecule has 0 aliphatic heterocycles. The van der Waals surface area contributed by atoms with E-state index in [1.807, 2.05) is 43.3 Å². The highest BCUT2D eigenvalue weighted by Gasteiger charge is 2.33. The lowest BCUT2D eigenvalue weighted by Crippen LogP contribution is -2.35. The second-order valence-corrected chi connectivity index (χ2v) is 7.09. The van der Waals surface area contributed by atoms with Gasteiger partial charge in [-0.2, -0.15) is 0 Å². The molecule has 1 fully saturated rings. The molecule has 1 atom stereocenters. The number of carbonyl (C=O) groups is 2. The fourth-order valence-corrected chi connectivity index (χ4v) is 3.08. The second-order valence-electron chi connectivity index (χ2n) is 7.09. The summed E-state index contributed by atoms with van der Waals surface area (Å²) in [5.41, 5.74) is 2.50. The Hall–Kier alpha value is -2.62. The van der Waals surface area contributed by atoms with Crippen molar-refractivity contribution in [1.29, 1.82) is 0 Å². The third-order valence-corrected chi connectivity index (χ3v) is 4.85. The van der Waals surface area contributed by atoms with E-state index >= 15 is 0 Å². The van der Waals surface area contributed by atoms with Crippen molar-refractivity contribution in [2.24, 2.45) is 5.92 Å². The van der Waals surface area contributed by atoms with Gasteiger partial charge in [-0.1, -0.05) is 42.5 Å². The minimum atomic E-state index is -0.128. The molecule has 2 aromatic rings. The lowest BCUT2D eigenvalue weighted by Gasteiger charge is -2.21. The van der Waals surface area contributed by atoms with Crippen LogP contribution in [0.5, 0.6) is 0 Å². The summed E-state index contributed by atoms with van der Waals surface area (Å²) in [4.78, 5) is 26.7. The number of nitrogens with zero attached hydrogens (tertiary/aromatic N) is 1. The zero-order valence-electron chi connectivity index (χ0n) is 15.4. The highest BCUT2D eigenvalue weighted by atomic mass is 16.2. The molecule has 0 radical (unpaired) electrons. The molecule has 1 aliphatic carbocycles. The fourth-order valence-electron chi connectivity index (χ4n) is 3.08. The van der Waals surface area contributed by atoms with E-state index in [0.717, 1.165) is 25.7 Å². The first-order chi connectivity index (χ1) is 12.6. The van der Waals surface area contributed by atoms with Crippen molar-refractivity contribution >= 4 is 17.5 Å². The molecule has 1 saturated carbocycles. The van der Waals surface area contributed by atoms with Gasteiger partial charge in [0, 0.05) is 19.0 Å². The summed E-state index contributed by atoms with van der Waals surface area (Å²) < 4.78 is 0. The van der Waals surface area contributed by atoms with Gasteiger partial charge in [-0.25, -0.2) is 0 Å². The Morgan fingerprint density at radius 2 is 1.73 bits per heavy atom. The monoisotopic (exact) mass is 350 g/mol. The van der Waals surface area contributed by atoms with Gasteiger partial charge < -0.3 is 10.2 Å². The van der Waals surface area contributed by atoms with Crippen LogP contribution in [0.15, 0.2) is 54.6 Å². The first-order valence-electron chi connectivity index (χ1n) is 9.27. The van der Waals surface area contributed by atoms with Crippen LogP contribution in [-0.2, 0) is 11.2 Å². The van der Waals surface area contributed by atoms with Crippen LogP contribution in [-0.4, -0.2) is 24.9 Å². The SMILES string of the molecule is C[C@H](CCc1ccccc1)NC(=O)c1ccccc1N(C)C(=O)C1CC1. The van der Waals surface area contributed by atoms with E-state index in [9.17, 15) is 9.59 Å². The van der Waals surface area contributed by atoms with Crippen LogP contribution < -0.4 is 10.2 Å². The van der Waals surface area contributed by atoms with Crippen LogP contribution in [0.4, 0.5) is 5.69 Å². The van der Waals surface area contributed by atoms with Gasteiger partial charge in [0.1, 0.15) is 0 Å². The third kappa shape index (κ3) is 4.51. The first kappa shape index (κ1) is 18.2. The largest absolute Gasteiger partial charge is 0.350 e. The molecular formula is C22H26N2O2. The molecule has 26 heavy (non-hydrogen) atoms. The smallest absolute Gasteiger partial charge is 0.253 e. The van der Waals surface area contributed by atoms with Gasteiger partial charge in [0.05, 0.1) is 11.3 Å². The molecule has 0 saturated heterocycles. The topological polar surface area (TPSA) is 49.4 Å². The van der Waals surface area contributed by atoms with E-state index in [2.05, 4.69) is 17.4 Å². The number of nitrogens with one attached hydrogen (secondary N) is 1. The lowest BCUT2D eigenvalue weighted by atomic mass is 10.1. The summed E-state index contributed by atoms with van der Waals surface area (Å²) in [5, 5.41) is 3.07. The molecule has 0 unspecified atom stereocenters. The van der Waals surface area contributed by atoms with Gasteiger partial charge >= 0.3 is 0 Å². The highest BCUT2D eigenvalue weighted by molar-refractivity contribution is 6.05. The normalized spacial score (nSPS) is 14.5. The maximum atomic E-state index is 12.8. The fraction of sp³-hybridized carbons (Fsp3) is 0.364. The molecule has 1 aliphatic rings. The van der Waals surface area contributed by atoms with Crippen LogP contribution >= 0.6 is 0 Å². The molecular weight excluding hydrogens is 324 g/mol. The van der Waals surface area contributed by atoms with Gasteiger partial charge in [0.15, 0.2) is 0 Å². The van der Waals surface area contributed by atoms with E-state index in [1.54, 1.807) is 18.0 Å². The number of amides is 2. The average Bonchev–Trinajstić information content (AvgIpc) is 3.51. The molecule has 2 aromatic carbocycles. The number of carbonyl (C=O) groups excluding carboxylic acids is 2. The van der Waals surface area contributed by atoms with Crippen molar-refractivity contribution in [3.05, 3.63) is 65.7 Å². The molecule has 4 heteroatoms. The molecule has 0 aromatic heterocycles. The van der Waals surface area contributed by atoms with Gasteiger partial charge in [-0.15, -0.1) is 0 Å². The van der Waals surface area contributed by atoms with E-state index in [-0.39, 0.29) is 23.8 Å². The molecule has 1 N–H and O–H groups in total. The lowest BCUT2D eigenvalue weighted by molar-refractivity contribution is -0.119. The number of rotatable bonds is 7. The van der Waals surface area contributed by atoms with Crippen LogP contribution in [0, 0.1) is 5.92 Å². The van der Waals surface area contributed by atoms with Crippen molar-refractivity contribution < 1.29 is 9.59 Å². The van der Waals surface area contributed by atoms with Gasteiger partial charge in [0.2, 0.25) is 5.91 Å². The summed E-state index contributed by atoms with van der Waals surface area (Å²) >= 11 is 0. The van der Waals surface area contributed by atoms with Crippen molar-refractivity contribution in [3.63, 3.8) is 0 Å². The van der Waals surface area contributed by atoms with Crippen molar-refractivity contribution in [2.45, 2.75) is 38.6 Å². The molecule has 2 amide bonds. The van der Waals surface area contributed by atoms with E-state index in [0.29, 0.717) is 11.3 Å². The molecule has 136 valence electrons. The van der Waals surface area contributed by atoms with Gasteiger partial charge in [-0.3, -0.25) is 9.59 Å². The Morgan fingerprint density at radius 1 is 1.08 bits per heavy atom. The molecule has 0 bridgehead atoms. The van der Waals surface area contributed by atoms with Crippen LogP contribution in [0.2, 0.25) is 0 Å². The van der Waals surface area contributed by atoms with Crippen LogP contribution in [0.1, 0.15) is 42.1 Å². The second kappa shape index (κ2) is 8.17. The summed E-state index contributed by atoms with van der Waals surface area (Å²) in [6.07, 6.45) is 3.70. The predicted octanol–water partition coefficient (Wildman–Crippen LogP) is 3.81. The summed E-state index contributed by atoms with van der Waals surface area (Å²) in [6, 6.07) is 17.6. The maximum Gasteiger partial charge on any atom is 0.253 e. The number of aryl methyl sites for hydroxylation is 1. The summed E-state index contributed by atoms with van der Waals surface area (Å²) in [6.45, 7) is 2.02. The van der Waals surface area contributed by atoms with Crippen molar-refractivity contribution in [3.8, 4) is 0 Å². The number of benzene rings is 2. The Bertz CT molecular complexity index is 769. The maximum absolute atomic E-state index is 12.8. The van der Waals surface area contributed by atoms with Crippen molar-refractivity contribution in [2.75, 3.05) is 11.9 Å². The number of anilines is 1. The molecule has 0 spiro atoms. The Kier molecular flexibility index (Phi) is 5.71. The van der Waals surface area contributed by atoms with Crippen LogP contribution in [0.3, 0.4) is 0 Å². The Labute approximate surface area is 155 Å². The van der Waals surface area contributed by atoms with Gasteiger partial charge in [0.25, 0.3) is 5.91 Å². The standard InChI is InChI=1S/C22H26N2O2/c1-16(12-13-17-8-4-3-5-9-17)23-21(25)19-10-6-7-11-20(19)24(2)22(26)18-14-15-18/h3-11,16,18H,12-15H2,1-2H3,(H,23,25)/t16-/m1/s1. The van der Waals surface area contributed by atoms with E-state index in [1.165, 1.54) is 5.56 Å². The number of hydrogen-bond acceptors (Lipinski definition) is 2. The molecule has 3 rings (SSSR count). The predicted molar refractivity (Wildman–Crippen MR) is 104 cm³/mol. The number of para-hydroxylation sites is 1. The molecule has 4 nitrogen and oxygen atoms in total. The average molecular weight is 350 g/mol. The van der Waals surface area contributed by atoms with Crippen molar-refractivity contribution in [1.82, 2.24) is 5.32 Å². The minimum Gasteiger partial charge on any atom is -0.350 e. The minimum absolute atomic E-state index is 0.0557. The summed E-state index contributed by atoms with van der Waals surface area (Å²) in [7, 11) is 1.76. The Balaban J connectivity index is 1.63. The van der Waals surface area contributed by atoms with E-state index < -0.39 is 0 Å². The summed E-state index contributed by atoms with van der Waals surface area (Å²) in [5.74, 6) is 0.0971. The molecule has 0 heterocycles. The highest BCUT2D eigenvalue weighted by Crippen LogP contribution is 2.33. The first-order valence-corrected chi connectivity index (χ1v) is 9.27. The number of hydrogen-bond donors (Lipinski definition) is 1. The zero-order valence-corrected chi connectivity index (χ0v) is 15.4. The van der Waals surface area contributed by atoms with Crippen LogP contribution in [0.25, 0.3) is 0 Å². The van der Waals surface area contributed by atoms with Gasteiger partial charge in [-0.05, 0) is 50.3 Å².